The molecule has 0 heterocycles. The number of alkyl halides is 2. The predicted octanol–water partition coefficient (Wildman–Crippen LogP) is 4.76. The molecule has 0 radical (unpaired) electrons. The molecule has 0 aliphatic heterocycles. The number of rotatable bonds is 7. The first kappa shape index (κ1) is 25.8. The van der Waals surface area contributed by atoms with Gasteiger partial charge in [0.25, 0.3) is 5.92 Å². The van der Waals surface area contributed by atoms with E-state index in [0.717, 1.165) is 44.6 Å². The van der Waals surface area contributed by atoms with Crippen LogP contribution in [0.2, 0.25) is 0 Å². The van der Waals surface area contributed by atoms with Gasteiger partial charge in [-0.15, -0.1) is 0 Å². The smallest absolute Gasteiger partial charge is 0.278 e. The van der Waals surface area contributed by atoms with Gasteiger partial charge < -0.3 is 20.4 Å². The minimum atomic E-state index is -3.31. The molecule has 0 saturated heterocycles. The maximum absolute atomic E-state index is 14.4. The van der Waals surface area contributed by atoms with Crippen LogP contribution in [0.3, 0.4) is 0 Å². The third-order valence-corrected chi connectivity index (χ3v) is 8.81. The summed E-state index contributed by atoms with van der Waals surface area (Å²) in [5.41, 5.74) is 0.215. The molecular weight excluding hydrogens is 414 g/mol. The highest BCUT2D eigenvalue weighted by Gasteiger charge is 2.52. The lowest BCUT2D eigenvalue weighted by Gasteiger charge is -2.44. The van der Waals surface area contributed by atoms with E-state index in [4.69, 9.17) is 5.11 Å². The van der Waals surface area contributed by atoms with Crippen LogP contribution in [0.4, 0.5) is 8.78 Å². The SMILES string of the molecule is C[C@H](CCC(F)(F)C(C)(O)CO)[C@H]1CC[C@H]2/C(=C/C=C3C[C@@H](O)C[C@H](O)C3)CCC[C@]12C. The summed E-state index contributed by atoms with van der Waals surface area (Å²) in [5.74, 6) is -2.39. The quantitative estimate of drug-likeness (QED) is 0.445. The minimum Gasteiger partial charge on any atom is -0.393 e. The average molecular weight is 457 g/mol. The number of fused-ring (bicyclic) bond motifs is 1. The molecule has 0 aromatic carbocycles. The second kappa shape index (κ2) is 9.81. The molecule has 1 unspecified atom stereocenters. The van der Waals surface area contributed by atoms with Crippen LogP contribution in [-0.4, -0.2) is 50.8 Å². The van der Waals surface area contributed by atoms with E-state index < -0.39 is 36.8 Å². The molecule has 4 N–H and O–H groups in total. The first-order chi connectivity index (χ1) is 14.9. The van der Waals surface area contributed by atoms with Crippen molar-refractivity contribution in [1.29, 1.82) is 0 Å². The predicted molar refractivity (Wildman–Crippen MR) is 121 cm³/mol. The zero-order valence-electron chi connectivity index (χ0n) is 19.9. The van der Waals surface area contributed by atoms with Crippen molar-refractivity contribution in [3.8, 4) is 0 Å². The summed E-state index contributed by atoms with van der Waals surface area (Å²) in [6.45, 7) is 4.44. The van der Waals surface area contributed by atoms with E-state index in [0.29, 0.717) is 37.5 Å². The lowest BCUT2D eigenvalue weighted by Crippen LogP contribution is -2.48. The number of aliphatic hydroxyl groups is 4. The Hall–Kier alpha value is -0.820. The maximum Gasteiger partial charge on any atom is 0.278 e. The standard InChI is InChI=1S/C26H42F2O4/c1-17(10-12-26(27,28)25(3,32)16-29)22-8-9-23-19(5-4-11-24(22,23)2)7-6-18-13-20(30)15-21(31)14-18/h6-7,17,20-23,29-32H,4-5,8-16H2,1-3H3/b19-7+/t17-,20-,21-,22-,23+,24-,25?/m1/s1. The Labute approximate surface area is 191 Å². The topological polar surface area (TPSA) is 80.9 Å². The second-order valence-electron chi connectivity index (χ2n) is 11.3. The Morgan fingerprint density at radius 1 is 1.16 bits per heavy atom. The molecule has 0 amide bonds. The van der Waals surface area contributed by atoms with Gasteiger partial charge in [-0.1, -0.05) is 37.1 Å². The van der Waals surface area contributed by atoms with E-state index in [2.05, 4.69) is 26.0 Å². The van der Waals surface area contributed by atoms with Crippen molar-refractivity contribution in [1.82, 2.24) is 0 Å². The third kappa shape index (κ3) is 5.29. The van der Waals surface area contributed by atoms with Crippen LogP contribution in [0.5, 0.6) is 0 Å². The zero-order valence-corrected chi connectivity index (χ0v) is 19.9. The molecular formula is C26H42F2O4. The van der Waals surface area contributed by atoms with Gasteiger partial charge in [-0.05, 0) is 87.9 Å². The molecule has 0 bridgehead atoms. The van der Waals surface area contributed by atoms with Crippen molar-refractivity contribution in [2.24, 2.45) is 23.2 Å². The number of hydrogen-bond donors (Lipinski definition) is 4. The van der Waals surface area contributed by atoms with Crippen molar-refractivity contribution in [2.45, 2.75) is 109 Å². The van der Waals surface area contributed by atoms with Crippen molar-refractivity contribution >= 4 is 0 Å². The lowest BCUT2D eigenvalue weighted by atomic mass is 9.60. The van der Waals surface area contributed by atoms with E-state index in [-0.39, 0.29) is 11.3 Å². The molecule has 3 saturated carbocycles. The molecule has 32 heavy (non-hydrogen) atoms. The van der Waals surface area contributed by atoms with Gasteiger partial charge in [-0.2, -0.15) is 0 Å². The zero-order chi connectivity index (χ0) is 23.7. The molecule has 3 aliphatic carbocycles. The van der Waals surface area contributed by atoms with E-state index in [1.807, 2.05) is 0 Å². The van der Waals surface area contributed by atoms with Crippen LogP contribution in [0.1, 0.15) is 85.0 Å². The van der Waals surface area contributed by atoms with Crippen molar-refractivity contribution in [3.05, 3.63) is 23.3 Å². The van der Waals surface area contributed by atoms with Crippen molar-refractivity contribution in [2.75, 3.05) is 6.61 Å². The summed E-state index contributed by atoms with van der Waals surface area (Å²) >= 11 is 0. The summed E-state index contributed by atoms with van der Waals surface area (Å²) in [7, 11) is 0. The molecule has 184 valence electrons. The molecule has 0 aromatic rings. The van der Waals surface area contributed by atoms with Gasteiger partial charge in [0, 0.05) is 6.42 Å². The average Bonchev–Trinajstić information content (AvgIpc) is 3.07. The molecule has 3 rings (SSSR count). The van der Waals surface area contributed by atoms with Gasteiger partial charge >= 0.3 is 0 Å². The summed E-state index contributed by atoms with van der Waals surface area (Å²) in [6.07, 6.45) is 10.3. The fourth-order valence-corrected chi connectivity index (χ4v) is 6.74. The van der Waals surface area contributed by atoms with Gasteiger partial charge in [-0.3, -0.25) is 0 Å². The summed E-state index contributed by atoms with van der Waals surface area (Å²) < 4.78 is 28.8. The second-order valence-corrected chi connectivity index (χ2v) is 11.3. The monoisotopic (exact) mass is 456 g/mol. The van der Waals surface area contributed by atoms with Gasteiger partial charge in [0.2, 0.25) is 0 Å². The Bertz CT molecular complexity index is 705. The number of halogens is 2. The Kier molecular flexibility index (Phi) is 7.91. The Morgan fingerprint density at radius 3 is 2.44 bits per heavy atom. The maximum atomic E-state index is 14.4. The fourth-order valence-electron chi connectivity index (χ4n) is 6.74. The highest BCUT2D eigenvalue weighted by atomic mass is 19.3. The summed E-state index contributed by atoms with van der Waals surface area (Å²) in [4.78, 5) is 0. The van der Waals surface area contributed by atoms with Crippen LogP contribution in [-0.2, 0) is 0 Å². The first-order valence-electron chi connectivity index (χ1n) is 12.4. The van der Waals surface area contributed by atoms with Gasteiger partial charge in [-0.25, -0.2) is 8.78 Å². The van der Waals surface area contributed by atoms with Crippen LogP contribution in [0, 0.1) is 23.2 Å². The molecule has 0 aromatic heterocycles. The molecule has 7 atom stereocenters. The first-order valence-corrected chi connectivity index (χ1v) is 12.4. The van der Waals surface area contributed by atoms with Crippen molar-refractivity contribution < 1.29 is 29.2 Å². The van der Waals surface area contributed by atoms with Gasteiger partial charge in [0.1, 0.15) is 5.60 Å². The number of allylic oxidation sites excluding steroid dienone is 3. The minimum absolute atomic E-state index is 0.0857. The highest BCUT2D eigenvalue weighted by molar-refractivity contribution is 5.26. The van der Waals surface area contributed by atoms with E-state index in [1.54, 1.807) is 0 Å². The summed E-state index contributed by atoms with van der Waals surface area (Å²) in [5, 5.41) is 38.9. The van der Waals surface area contributed by atoms with E-state index >= 15 is 0 Å². The van der Waals surface area contributed by atoms with E-state index in [9.17, 15) is 24.1 Å². The molecule has 6 heteroatoms. The Morgan fingerprint density at radius 2 is 1.81 bits per heavy atom. The third-order valence-electron chi connectivity index (χ3n) is 8.81. The normalized spacial score (nSPS) is 37.8. The molecule has 0 spiro atoms. The molecule has 3 fully saturated rings. The van der Waals surface area contributed by atoms with Crippen LogP contribution < -0.4 is 0 Å². The summed E-state index contributed by atoms with van der Waals surface area (Å²) in [6, 6.07) is 0. The number of aliphatic hydroxyl groups excluding tert-OH is 3. The highest BCUT2D eigenvalue weighted by Crippen LogP contribution is 2.60. The van der Waals surface area contributed by atoms with Crippen LogP contribution in [0.15, 0.2) is 23.3 Å². The molecule has 4 nitrogen and oxygen atoms in total. The van der Waals surface area contributed by atoms with Crippen LogP contribution in [0.25, 0.3) is 0 Å². The largest absolute Gasteiger partial charge is 0.393 e. The Balaban J connectivity index is 1.69. The van der Waals surface area contributed by atoms with Gasteiger partial charge in [0.05, 0.1) is 18.8 Å². The van der Waals surface area contributed by atoms with Crippen molar-refractivity contribution in [3.63, 3.8) is 0 Å². The number of hydrogen-bond acceptors (Lipinski definition) is 4. The lowest BCUT2D eigenvalue weighted by molar-refractivity contribution is -0.194. The fraction of sp³-hybridized carbons (Fsp3) is 0.846. The molecule has 3 aliphatic rings. The van der Waals surface area contributed by atoms with Crippen LogP contribution >= 0.6 is 0 Å². The van der Waals surface area contributed by atoms with Gasteiger partial charge in [0.15, 0.2) is 0 Å². The van der Waals surface area contributed by atoms with E-state index in [1.165, 1.54) is 5.57 Å².